The summed E-state index contributed by atoms with van der Waals surface area (Å²) in [4.78, 5) is 0. The lowest BCUT2D eigenvalue weighted by molar-refractivity contribution is 0.585. The van der Waals surface area contributed by atoms with E-state index < -0.39 is 0 Å². The van der Waals surface area contributed by atoms with Gasteiger partial charge < -0.3 is 5.32 Å². The normalized spacial score (nSPS) is 16.8. The van der Waals surface area contributed by atoms with Crippen LogP contribution in [0.5, 0.6) is 0 Å². The second kappa shape index (κ2) is 6.92. The molecule has 2 heterocycles. The maximum Gasteiger partial charge on any atom is 0.128 e. The molecule has 1 unspecified atom stereocenters. The molecule has 1 aliphatic heterocycles. The molecule has 0 saturated carbocycles. The van der Waals surface area contributed by atoms with Gasteiger partial charge in [0.15, 0.2) is 0 Å². The first-order valence-corrected chi connectivity index (χ1v) is 8.71. The third kappa shape index (κ3) is 3.22. The fraction of sp³-hybridized carbons (Fsp3) is 0.238. The summed E-state index contributed by atoms with van der Waals surface area (Å²) in [5, 5.41) is 11.6. The van der Waals surface area contributed by atoms with Crippen molar-refractivity contribution in [2.75, 3.05) is 6.54 Å². The fourth-order valence-electron chi connectivity index (χ4n) is 3.55. The van der Waals surface area contributed by atoms with E-state index in [2.05, 4.69) is 15.5 Å². The molecule has 132 valence electrons. The van der Waals surface area contributed by atoms with Gasteiger partial charge in [-0.15, -0.1) is 0 Å². The number of nitrogens with zero attached hydrogens (tertiary/aromatic N) is 2. The SMILES string of the molecule is Cc1ccc(-c2cc(F)c3c(c2)CNCCC3c2ccc(F)cc2)nn1. The lowest BCUT2D eigenvalue weighted by atomic mass is 9.85. The Kier molecular flexibility index (Phi) is 4.47. The molecular weight excluding hydrogens is 332 g/mol. The zero-order chi connectivity index (χ0) is 18.1. The van der Waals surface area contributed by atoms with Gasteiger partial charge in [-0.2, -0.15) is 10.2 Å². The van der Waals surface area contributed by atoms with Crippen molar-refractivity contribution in [3.05, 3.63) is 82.5 Å². The average molecular weight is 351 g/mol. The number of hydrogen-bond donors (Lipinski definition) is 1. The van der Waals surface area contributed by atoms with Gasteiger partial charge in [0.05, 0.1) is 11.4 Å². The predicted octanol–water partition coefficient (Wildman–Crippen LogP) is 4.36. The Bertz CT molecular complexity index is 921. The van der Waals surface area contributed by atoms with Gasteiger partial charge >= 0.3 is 0 Å². The number of benzene rings is 2. The summed E-state index contributed by atoms with van der Waals surface area (Å²) in [5.74, 6) is -0.633. The van der Waals surface area contributed by atoms with Gasteiger partial charge in [0.2, 0.25) is 0 Å². The van der Waals surface area contributed by atoms with Crippen LogP contribution in [0, 0.1) is 18.6 Å². The van der Waals surface area contributed by atoms with E-state index in [1.807, 2.05) is 25.1 Å². The molecule has 0 fully saturated rings. The van der Waals surface area contributed by atoms with Crippen LogP contribution in [0.3, 0.4) is 0 Å². The Labute approximate surface area is 151 Å². The summed E-state index contributed by atoms with van der Waals surface area (Å²) < 4.78 is 28.4. The van der Waals surface area contributed by atoms with E-state index in [0.717, 1.165) is 35.3 Å². The third-order valence-corrected chi connectivity index (χ3v) is 4.85. The minimum absolute atomic E-state index is 0.0984. The van der Waals surface area contributed by atoms with E-state index in [1.165, 1.54) is 18.2 Å². The van der Waals surface area contributed by atoms with Gasteiger partial charge in [0, 0.05) is 18.0 Å². The second-order valence-corrected chi connectivity index (χ2v) is 6.66. The topological polar surface area (TPSA) is 37.8 Å². The quantitative estimate of drug-likeness (QED) is 0.746. The lowest BCUT2D eigenvalue weighted by Gasteiger charge is -2.19. The van der Waals surface area contributed by atoms with Crippen molar-refractivity contribution in [2.24, 2.45) is 0 Å². The van der Waals surface area contributed by atoms with Crippen LogP contribution < -0.4 is 5.32 Å². The molecule has 1 aliphatic rings. The minimum atomic E-state index is -0.283. The molecule has 5 heteroatoms. The van der Waals surface area contributed by atoms with Crippen LogP contribution in [0.1, 0.15) is 34.7 Å². The Balaban J connectivity index is 1.80. The van der Waals surface area contributed by atoms with Crippen molar-refractivity contribution < 1.29 is 8.78 Å². The number of hydrogen-bond acceptors (Lipinski definition) is 3. The Morgan fingerprint density at radius 3 is 2.54 bits per heavy atom. The van der Waals surface area contributed by atoms with E-state index in [-0.39, 0.29) is 17.6 Å². The minimum Gasteiger partial charge on any atom is -0.313 e. The van der Waals surface area contributed by atoms with Crippen molar-refractivity contribution in [1.82, 2.24) is 15.5 Å². The summed E-state index contributed by atoms with van der Waals surface area (Å²) >= 11 is 0. The smallest absolute Gasteiger partial charge is 0.128 e. The molecule has 3 aromatic rings. The van der Waals surface area contributed by atoms with E-state index in [0.29, 0.717) is 17.8 Å². The van der Waals surface area contributed by atoms with Gasteiger partial charge in [-0.1, -0.05) is 12.1 Å². The molecule has 1 atom stereocenters. The maximum atomic E-state index is 15.1. The van der Waals surface area contributed by atoms with Crippen LogP contribution in [0.2, 0.25) is 0 Å². The zero-order valence-corrected chi connectivity index (χ0v) is 14.5. The molecule has 0 saturated heterocycles. The highest BCUT2D eigenvalue weighted by Crippen LogP contribution is 2.36. The van der Waals surface area contributed by atoms with Crippen LogP contribution in [0.15, 0.2) is 48.5 Å². The van der Waals surface area contributed by atoms with Crippen molar-refractivity contribution in [3.8, 4) is 11.3 Å². The Morgan fingerprint density at radius 2 is 1.81 bits per heavy atom. The molecular formula is C21H19F2N3. The highest BCUT2D eigenvalue weighted by atomic mass is 19.1. The summed E-state index contributed by atoms with van der Waals surface area (Å²) in [5.41, 5.74) is 4.72. The summed E-state index contributed by atoms with van der Waals surface area (Å²) in [6.45, 7) is 3.23. The van der Waals surface area contributed by atoms with Gasteiger partial charge in [-0.25, -0.2) is 8.78 Å². The molecule has 2 aromatic carbocycles. The van der Waals surface area contributed by atoms with Gasteiger partial charge in [0.1, 0.15) is 11.6 Å². The Hall–Kier alpha value is -2.66. The monoisotopic (exact) mass is 351 g/mol. The third-order valence-electron chi connectivity index (χ3n) is 4.85. The largest absolute Gasteiger partial charge is 0.313 e. The van der Waals surface area contributed by atoms with Crippen LogP contribution in [-0.2, 0) is 6.54 Å². The van der Waals surface area contributed by atoms with Crippen LogP contribution in [0.25, 0.3) is 11.3 Å². The molecule has 3 nitrogen and oxygen atoms in total. The van der Waals surface area contributed by atoms with E-state index in [4.69, 9.17) is 0 Å². The highest BCUT2D eigenvalue weighted by molar-refractivity contribution is 5.62. The van der Waals surface area contributed by atoms with E-state index >= 15 is 4.39 Å². The standard InChI is InChI=1S/C21H19F2N3/c1-13-2-7-20(26-25-13)15-10-16-12-24-9-8-18(21(16)19(23)11-15)14-3-5-17(22)6-4-14/h2-7,10-11,18,24H,8-9,12H2,1H3. The lowest BCUT2D eigenvalue weighted by Crippen LogP contribution is -2.12. The number of nitrogens with one attached hydrogen (secondary N) is 1. The molecule has 0 radical (unpaired) electrons. The number of aryl methyl sites for hydroxylation is 1. The molecule has 1 N–H and O–H groups in total. The van der Waals surface area contributed by atoms with Gasteiger partial charge in [0.25, 0.3) is 0 Å². The predicted molar refractivity (Wildman–Crippen MR) is 96.7 cm³/mol. The van der Waals surface area contributed by atoms with Crippen molar-refractivity contribution in [1.29, 1.82) is 0 Å². The number of aromatic nitrogens is 2. The van der Waals surface area contributed by atoms with Gasteiger partial charge in [-0.05, 0) is 73.0 Å². The van der Waals surface area contributed by atoms with E-state index in [9.17, 15) is 4.39 Å². The number of fused-ring (bicyclic) bond motifs is 1. The van der Waals surface area contributed by atoms with Crippen molar-refractivity contribution >= 4 is 0 Å². The molecule has 26 heavy (non-hydrogen) atoms. The zero-order valence-electron chi connectivity index (χ0n) is 14.5. The molecule has 4 rings (SSSR count). The molecule has 0 amide bonds. The van der Waals surface area contributed by atoms with E-state index in [1.54, 1.807) is 12.1 Å². The maximum absolute atomic E-state index is 15.1. The first-order valence-electron chi connectivity index (χ1n) is 8.71. The highest BCUT2D eigenvalue weighted by Gasteiger charge is 2.25. The Morgan fingerprint density at radius 1 is 1.00 bits per heavy atom. The van der Waals surface area contributed by atoms with Crippen molar-refractivity contribution in [2.45, 2.75) is 25.8 Å². The van der Waals surface area contributed by atoms with Crippen LogP contribution >= 0.6 is 0 Å². The van der Waals surface area contributed by atoms with Crippen LogP contribution in [-0.4, -0.2) is 16.7 Å². The molecule has 0 bridgehead atoms. The molecule has 0 spiro atoms. The number of rotatable bonds is 2. The second-order valence-electron chi connectivity index (χ2n) is 6.66. The summed E-state index contributed by atoms with van der Waals surface area (Å²) in [6, 6.07) is 13.6. The van der Waals surface area contributed by atoms with Crippen LogP contribution in [0.4, 0.5) is 8.78 Å². The summed E-state index contributed by atoms with van der Waals surface area (Å²) in [6.07, 6.45) is 0.763. The van der Waals surface area contributed by atoms with Crippen molar-refractivity contribution in [3.63, 3.8) is 0 Å². The number of halogens is 2. The summed E-state index contributed by atoms with van der Waals surface area (Å²) in [7, 11) is 0. The fourth-order valence-corrected chi connectivity index (χ4v) is 3.55. The van der Waals surface area contributed by atoms with Gasteiger partial charge in [-0.3, -0.25) is 0 Å². The molecule has 0 aliphatic carbocycles. The first-order chi connectivity index (χ1) is 12.6. The average Bonchev–Trinajstić information content (AvgIpc) is 2.86. The molecule has 1 aromatic heterocycles. The first kappa shape index (κ1) is 16.8.